The molecule has 0 radical (unpaired) electrons. The van der Waals surface area contributed by atoms with E-state index >= 15 is 0 Å². The molecule has 0 atom stereocenters. The molecule has 5 heterocycles. The number of nitrogens with zero attached hydrogens (tertiary/aromatic N) is 4. The summed E-state index contributed by atoms with van der Waals surface area (Å²) in [6.07, 6.45) is 3.96. The van der Waals surface area contributed by atoms with Crippen molar-refractivity contribution in [2.75, 3.05) is 36.1 Å². The molecule has 0 spiro atoms. The first-order valence-corrected chi connectivity index (χ1v) is 13.5. The Morgan fingerprint density at radius 2 is 1.93 bits per heavy atom. The zero-order valence-electron chi connectivity index (χ0n) is 21.8. The number of morpholine rings is 1. The van der Waals surface area contributed by atoms with Crippen LogP contribution >= 0.6 is 11.6 Å². The van der Waals surface area contributed by atoms with Crippen LogP contribution in [0.4, 0.5) is 17.3 Å². The summed E-state index contributed by atoms with van der Waals surface area (Å²) in [7, 11) is 0. The highest BCUT2D eigenvalue weighted by Gasteiger charge is 2.34. The average molecular weight is 580 g/mol. The van der Waals surface area contributed by atoms with E-state index in [1.54, 1.807) is 24.3 Å². The van der Waals surface area contributed by atoms with Crippen molar-refractivity contribution in [1.82, 2.24) is 20.0 Å². The molecule has 0 bridgehead atoms. The number of carbonyl (C=O) groups excluding carboxylic acids is 3. The predicted molar refractivity (Wildman–Crippen MR) is 148 cm³/mol. The molecule has 2 aliphatic rings. The van der Waals surface area contributed by atoms with Gasteiger partial charge in [0.15, 0.2) is 17.2 Å². The summed E-state index contributed by atoms with van der Waals surface area (Å²) < 4.78 is 16.4. The van der Waals surface area contributed by atoms with E-state index in [1.807, 2.05) is 4.90 Å². The molecule has 4 aromatic heterocycles. The number of furan rings is 1. The lowest BCUT2D eigenvalue weighted by Crippen LogP contribution is -2.49. The van der Waals surface area contributed by atoms with E-state index in [0.717, 1.165) is 0 Å². The molecule has 1 aliphatic carbocycles. The highest BCUT2D eigenvalue weighted by Crippen LogP contribution is 2.35. The molecule has 3 amide bonds. The van der Waals surface area contributed by atoms with Gasteiger partial charge in [0, 0.05) is 30.8 Å². The maximum absolute atomic E-state index is 13.5. The third-order valence-electron chi connectivity index (χ3n) is 7.27. The number of carbonyl (C=O) groups is 3. The zero-order chi connectivity index (χ0) is 28.5. The molecule has 41 heavy (non-hydrogen) atoms. The van der Waals surface area contributed by atoms with Crippen molar-refractivity contribution < 1.29 is 28.1 Å². The topological polar surface area (TPSA) is 179 Å². The number of fused-ring (bicyclic) bond motifs is 1. The van der Waals surface area contributed by atoms with Gasteiger partial charge in [-0.3, -0.25) is 14.4 Å². The summed E-state index contributed by atoms with van der Waals surface area (Å²) in [5, 5.41) is 9.67. The van der Waals surface area contributed by atoms with Gasteiger partial charge in [-0.05, 0) is 49.9 Å². The van der Waals surface area contributed by atoms with Gasteiger partial charge in [0.25, 0.3) is 5.91 Å². The number of nitrogens with two attached hydrogens (primary N) is 1. The lowest BCUT2D eigenvalue weighted by Gasteiger charge is -2.38. The Labute approximate surface area is 238 Å². The summed E-state index contributed by atoms with van der Waals surface area (Å²) in [5.41, 5.74) is 6.74. The van der Waals surface area contributed by atoms with Crippen LogP contribution in [-0.4, -0.2) is 63.5 Å². The molecule has 6 rings (SSSR count). The van der Waals surface area contributed by atoms with Crippen LogP contribution in [0.1, 0.15) is 36.2 Å². The van der Waals surface area contributed by atoms with Crippen LogP contribution in [0.5, 0.6) is 0 Å². The second kappa shape index (κ2) is 11.2. The third-order valence-corrected chi connectivity index (χ3v) is 7.49. The number of ether oxygens (including phenoxy) is 1. The Bertz CT molecular complexity index is 1610. The summed E-state index contributed by atoms with van der Waals surface area (Å²) >= 11 is 5.91. The molecule has 14 heteroatoms. The Morgan fingerprint density at radius 1 is 1.10 bits per heavy atom. The first-order chi connectivity index (χ1) is 19.9. The molecule has 2 fully saturated rings. The third kappa shape index (κ3) is 5.58. The fraction of sp³-hybridized carbons (Fsp3) is 0.333. The molecule has 0 unspecified atom stereocenters. The first-order valence-electron chi connectivity index (χ1n) is 13.1. The first kappa shape index (κ1) is 26.7. The number of aromatic nitrogens is 3. The minimum Gasteiger partial charge on any atom is -0.447 e. The van der Waals surface area contributed by atoms with Gasteiger partial charge >= 0.3 is 0 Å². The van der Waals surface area contributed by atoms with E-state index in [-0.39, 0.29) is 64.6 Å². The highest BCUT2D eigenvalue weighted by molar-refractivity contribution is 6.30. The Hall–Kier alpha value is -4.49. The van der Waals surface area contributed by atoms with Gasteiger partial charge < -0.3 is 34.9 Å². The highest BCUT2D eigenvalue weighted by atomic mass is 35.5. The van der Waals surface area contributed by atoms with Crippen LogP contribution in [0.25, 0.3) is 22.6 Å². The zero-order valence-corrected chi connectivity index (χ0v) is 22.5. The van der Waals surface area contributed by atoms with E-state index in [1.165, 1.54) is 12.3 Å². The molecule has 4 aromatic rings. The monoisotopic (exact) mass is 579 g/mol. The number of hydrogen-bond acceptors (Lipinski definition) is 10. The average Bonchev–Trinajstić information content (AvgIpc) is 3.58. The molecule has 4 N–H and O–H groups in total. The van der Waals surface area contributed by atoms with Crippen LogP contribution in [0, 0.1) is 5.92 Å². The number of hydrogen-bond donors (Lipinski definition) is 3. The molecule has 1 saturated carbocycles. The van der Waals surface area contributed by atoms with Crippen LogP contribution < -0.4 is 16.4 Å². The van der Waals surface area contributed by atoms with Crippen molar-refractivity contribution in [1.29, 1.82) is 0 Å². The number of anilines is 3. The molecule has 1 aliphatic heterocycles. The SMILES string of the molecule is Nc1cc(-c2ccc3oc(C(=O)Nc4ccc(Cl)cn4)c(NC(=O)C4CCC(N5CCOCC5=O)CC4)c3n2)on1. The van der Waals surface area contributed by atoms with E-state index in [2.05, 4.69) is 25.8 Å². The molecule has 212 valence electrons. The van der Waals surface area contributed by atoms with Crippen molar-refractivity contribution in [3.8, 4) is 11.5 Å². The van der Waals surface area contributed by atoms with E-state index in [9.17, 15) is 14.4 Å². The maximum atomic E-state index is 13.5. The quantitative estimate of drug-likeness (QED) is 0.305. The Morgan fingerprint density at radius 3 is 2.63 bits per heavy atom. The summed E-state index contributed by atoms with van der Waals surface area (Å²) in [4.78, 5) is 49.6. The van der Waals surface area contributed by atoms with Crippen molar-refractivity contribution in [2.45, 2.75) is 31.7 Å². The normalized spacial score (nSPS) is 19.3. The van der Waals surface area contributed by atoms with Crippen LogP contribution in [-0.2, 0) is 14.3 Å². The van der Waals surface area contributed by atoms with Crippen molar-refractivity contribution in [3.05, 3.63) is 47.3 Å². The van der Waals surface area contributed by atoms with Gasteiger partial charge in [0.2, 0.25) is 17.6 Å². The maximum Gasteiger partial charge on any atom is 0.294 e. The molecular weight excluding hydrogens is 554 g/mol. The summed E-state index contributed by atoms with van der Waals surface area (Å²) in [6.45, 7) is 1.18. The van der Waals surface area contributed by atoms with Gasteiger partial charge in [-0.15, -0.1) is 0 Å². The van der Waals surface area contributed by atoms with E-state index in [0.29, 0.717) is 55.3 Å². The van der Waals surface area contributed by atoms with Crippen LogP contribution in [0.15, 0.2) is 45.5 Å². The standard InChI is InChI=1S/C27H26ClN7O6/c28-15-3-8-21(30-12-15)32-27(38)25-24(23-18(40-25)7-6-17(31-23)19-11-20(29)34-41-19)33-26(37)14-1-4-16(5-2-14)35-9-10-39-13-22(35)36/h3,6-8,11-12,14,16H,1-2,4-5,9-10,13H2,(H2,29,34)(H,33,37)(H,30,32,38). The van der Waals surface area contributed by atoms with Crippen molar-refractivity contribution >= 4 is 57.7 Å². The summed E-state index contributed by atoms with van der Waals surface area (Å²) in [6, 6.07) is 7.98. The molecule has 1 saturated heterocycles. The lowest BCUT2D eigenvalue weighted by atomic mass is 9.84. The minimum atomic E-state index is -0.631. The van der Waals surface area contributed by atoms with E-state index in [4.69, 9.17) is 31.0 Å². The number of halogens is 1. The Kier molecular flexibility index (Phi) is 7.28. The second-order valence-corrected chi connectivity index (χ2v) is 10.4. The molecular formula is C27H26ClN7O6. The Balaban J connectivity index is 1.26. The van der Waals surface area contributed by atoms with Crippen molar-refractivity contribution in [3.63, 3.8) is 0 Å². The lowest BCUT2D eigenvalue weighted by molar-refractivity contribution is -0.146. The van der Waals surface area contributed by atoms with Gasteiger partial charge in [0.05, 0.1) is 11.6 Å². The number of rotatable bonds is 6. The van der Waals surface area contributed by atoms with E-state index < -0.39 is 5.91 Å². The minimum absolute atomic E-state index is 0.0183. The van der Waals surface area contributed by atoms with Gasteiger partial charge in [-0.25, -0.2) is 9.97 Å². The smallest absolute Gasteiger partial charge is 0.294 e. The number of nitrogen functional groups attached to an aromatic ring is 1. The van der Waals surface area contributed by atoms with Crippen LogP contribution in [0.3, 0.4) is 0 Å². The predicted octanol–water partition coefficient (Wildman–Crippen LogP) is 3.72. The fourth-order valence-corrected chi connectivity index (χ4v) is 5.32. The fourth-order valence-electron chi connectivity index (χ4n) is 5.21. The van der Waals surface area contributed by atoms with Gasteiger partial charge in [-0.2, -0.15) is 0 Å². The summed E-state index contributed by atoms with van der Waals surface area (Å²) in [5.74, 6) is -0.628. The molecule has 13 nitrogen and oxygen atoms in total. The number of pyridine rings is 2. The second-order valence-electron chi connectivity index (χ2n) is 9.92. The number of nitrogens with one attached hydrogen (secondary N) is 2. The number of amides is 3. The van der Waals surface area contributed by atoms with Crippen LogP contribution in [0.2, 0.25) is 5.02 Å². The van der Waals surface area contributed by atoms with Crippen molar-refractivity contribution in [2.24, 2.45) is 5.92 Å². The van der Waals surface area contributed by atoms with Gasteiger partial charge in [0.1, 0.15) is 29.3 Å². The largest absolute Gasteiger partial charge is 0.447 e. The molecule has 0 aromatic carbocycles. The van der Waals surface area contributed by atoms with Gasteiger partial charge in [-0.1, -0.05) is 16.8 Å².